The molecule has 0 spiro atoms. The number of fused-ring (bicyclic) bond motifs is 7. The smallest absolute Gasteiger partial charge is 0.136 e. The van der Waals surface area contributed by atoms with Crippen molar-refractivity contribution in [3.8, 4) is 33.4 Å². The Morgan fingerprint density at radius 3 is 1.60 bits per heavy atom. The van der Waals surface area contributed by atoms with Crippen LogP contribution in [0.2, 0.25) is 0 Å². The van der Waals surface area contributed by atoms with E-state index in [0.29, 0.717) is 0 Å². The summed E-state index contributed by atoms with van der Waals surface area (Å²) in [5, 5.41) is 12.2. The molecule has 0 unspecified atom stereocenters. The molecule has 0 radical (unpaired) electrons. The van der Waals surface area contributed by atoms with Gasteiger partial charge in [0.05, 0.1) is 0 Å². The Kier molecular flexibility index (Phi) is 5.64. The van der Waals surface area contributed by atoms with Gasteiger partial charge in [-0.15, -0.1) is 0 Å². The van der Waals surface area contributed by atoms with Crippen LogP contribution in [-0.4, -0.2) is 0 Å². The molecule has 218 valence electrons. The Bertz CT molecular complexity index is 2780. The van der Waals surface area contributed by atoms with E-state index in [-0.39, 0.29) is 0 Å². The first-order valence-corrected chi connectivity index (χ1v) is 16.2. The Hall–Kier alpha value is -6.18. The fourth-order valence-electron chi connectivity index (χ4n) is 7.73. The molecule has 10 rings (SSSR count). The highest BCUT2D eigenvalue weighted by Crippen LogP contribution is 2.48. The van der Waals surface area contributed by atoms with Gasteiger partial charge in [-0.3, -0.25) is 0 Å². The molecule has 1 heteroatoms. The highest BCUT2D eigenvalue weighted by molar-refractivity contribution is 6.27. The monoisotopic (exact) mass is 596 g/mol. The average molecular weight is 597 g/mol. The van der Waals surface area contributed by atoms with Crippen LogP contribution in [0, 0.1) is 0 Å². The molecule has 0 aliphatic rings. The Labute approximate surface area is 271 Å². The lowest BCUT2D eigenvalue weighted by molar-refractivity contribution is 0.669. The van der Waals surface area contributed by atoms with E-state index in [4.69, 9.17) is 4.42 Å². The lowest BCUT2D eigenvalue weighted by Crippen LogP contribution is -1.92. The van der Waals surface area contributed by atoms with Crippen molar-refractivity contribution >= 4 is 65.0 Å². The summed E-state index contributed by atoms with van der Waals surface area (Å²) in [5.74, 6) is 0. The topological polar surface area (TPSA) is 13.1 Å². The van der Waals surface area contributed by atoms with Crippen LogP contribution in [-0.2, 0) is 0 Å². The summed E-state index contributed by atoms with van der Waals surface area (Å²) < 4.78 is 6.54. The quantitative estimate of drug-likeness (QED) is 0.185. The summed E-state index contributed by atoms with van der Waals surface area (Å²) in [7, 11) is 0. The van der Waals surface area contributed by atoms with Gasteiger partial charge >= 0.3 is 0 Å². The number of hydrogen-bond donors (Lipinski definition) is 0. The minimum absolute atomic E-state index is 0.910. The van der Waals surface area contributed by atoms with E-state index in [0.717, 1.165) is 21.9 Å². The molecule has 1 aromatic heterocycles. The van der Waals surface area contributed by atoms with Crippen LogP contribution in [0.1, 0.15) is 0 Å². The summed E-state index contributed by atoms with van der Waals surface area (Å²) >= 11 is 0. The van der Waals surface area contributed by atoms with Crippen molar-refractivity contribution < 1.29 is 4.42 Å². The normalized spacial score (nSPS) is 11.8. The van der Waals surface area contributed by atoms with Crippen molar-refractivity contribution in [3.63, 3.8) is 0 Å². The van der Waals surface area contributed by atoms with Gasteiger partial charge in [-0.2, -0.15) is 0 Å². The maximum atomic E-state index is 6.54. The van der Waals surface area contributed by atoms with E-state index in [2.05, 4.69) is 170 Å². The van der Waals surface area contributed by atoms with E-state index < -0.39 is 0 Å². The predicted molar refractivity (Wildman–Crippen MR) is 200 cm³/mol. The van der Waals surface area contributed by atoms with Crippen LogP contribution in [0.5, 0.6) is 0 Å². The molecule has 0 saturated heterocycles. The van der Waals surface area contributed by atoms with Gasteiger partial charge in [0.25, 0.3) is 0 Å². The molecule has 1 heterocycles. The average Bonchev–Trinajstić information content (AvgIpc) is 3.50. The number of furan rings is 1. The summed E-state index contributed by atoms with van der Waals surface area (Å²) in [6.07, 6.45) is 0. The lowest BCUT2D eigenvalue weighted by Gasteiger charge is -2.19. The van der Waals surface area contributed by atoms with Crippen LogP contribution in [0.3, 0.4) is 0 Å². The zero-order chi connectivity index (χ0) is 30.9. The van der Waals surface area contributed by atoms with Crippen molar-refractivity contribution in [3.05, 3.63) is 170 Å². The molecule has 0 aliphatic carbocycles. The number of hydrogen-bond acceptors (Lipinski definition) is 1. The predicted octanol–water partition coefficient (Wildman–Crippen LogP) is 13.2. The highest BCUT2D eigenvalue weighted by atomic mass is 16.3. The molecule has 0 fully saturated rings. The van der Waals surface area contributed by atoms with E-state index in [1.54, 1.807) is 0 Å². The van der Waals surface area contributed by atoms with E-state index in [1.165, 1.54) is 76.5 Å². The third-order valence-corrected chi connectivity index (χ3v) is 9.82. The second kappa shape index (κ2) is 10.2. The zero-order valence-corrected chi connectivity index (χ0v) is 25.6. The fourth-order valence-corrected chi connectivity index (χ4v) is 7.73. The fraction of sp³-hybridized carbons (Fsp3) is 0. The molecule has 0 amide bonds. The van der Waals surface area contributed by atoms with Gasteiger partial charge in [0.1, 0.15) is 11.2 Å². The van der Waals surface area contributed by atoms with Crippen LogP contribution in [0.25, 0.3) is 98.4 Å². The van der Waals surface area contributed by atoms with Crippen molar-refractivity contribution in [1.29, 1.82) is 0 Å². The van der Waals surface area contributed by atoms with Crippen LogP contribution >= 0.6 is 0 Å². The van der Waals surface area contributed by atoms with Crippen LogP contribution < -0.4 is 0 Å². The molecule has 47 heavy (non-hydrogen) atoms. The molecule has 1 nitrogen and oxygen atoms in total. The number of rotatable bonds is 3. The van der Waals surface area contributed by atoms with Gasteiger partial charge in [-0.25, -0.2) is 0 Å². The van der Waals surface area contributed by atoms with Crippen molar-refractivity contribution in [2.24, 2.45) is 0 Å². The van der Waals surface area contributed by atoms with Gasteiger partial charge in [0, 0.05) is 10.8 Å². The molecule has 0 N–H and O–H groups in total. The Morgan fingerprint density at radius 1 is 0.298 bits per heavy atom. The third-order valence-electron chi connectivity index (χ3n) is 9.82. The molecule has 10 aromatic rings. The van der Waals surface area contributed by atoms with Crippen molar-refractivity contribution in [2.45, 2.75) is 0 Å². The zero-order valence-electron chi connectivity index (χ0n) is 25.6. The maximum absolute atomic E-state index is 6.54. The van der Waals surface area contributed by atoms with Gasteiger partial charge in [-0.05, 0) is 101 Å². The second-order valence-electron chi connectivity index (χ2n) is 12.4. The standard InChI is InChI=1S/C46H28O/c1-2-12-29(13-3-1)33-25-24-30-16-10-21-38(40(30)26-33)44-34-17-6-8-19-36(34)45(37-20-9-7-18-35(37)44)39-22-11-23-42-46(39)41-27-31-14-4-5-15-32(31)28-43(41)47-42/h1-28H. The SMILES string of the molecule is c1ccc(-c2ccc3cccc(-c4c5ccccc5c(-c5cccc6oc7cc8ccccc8cc7c56)c5ccccc45)c3c2)cc1. The van der Waals surface area contributed by atoms with Crippen molar-refractivity contribution in [2.75, 3.05) is 0 Å². The van der Waals surface area contributed by atoms with Crippen LogP contribution in [0.4, 0.5) is 0 Å². The summed E-state index contributed by atoms with van der Waals surface area (Å²) in [6.45, 7) is 0. The largest absolute Gasteiger partial charge is 0.456 e. The molecule has 0 aliphatic heterocycles. The van der Waals surface area contributed by atoms with E-state index in [9.17, 15) is 0 Å². The maximum Gasteiger partial charge on any atom is 0.136 e. The van der Waals surface area contributed by atoms with E-state index in [1.807, 2.05) is 0 Å². The Morgan fingerprint density at radius 2 is 0.872 bits per heavy atom. The molecular formula is C46H28O. The molecule has 0 atom stereocenters. The summed E-state index contributed by atoms with van der Waals surface area (Å²) in [6, 6.07) is 61.6. The first kappa shape index (κ1) is 26.1. The molecule has 0 bridgehead atoms. The van der Waals surface area contributed by atoms with Crippen molar-refractivity contribution in [1.82, 2.24) is 0 Å². The summed E-state index contributed by atoms with van der Waals surface area (Å²) in [5.41, 5.74) is 9.23. The Balaban J connectivity index is 1.32. The highest BCUT2D eigenvalue weighted by Gasteiger charge is 2.21. The van der Waals surface area contributed by atoms with E-state index >= 15 is 0 Å². The first-order chi connectivity index (χ1) is 23.3. The molecular weight excluding hydrogens is 569 g/mol. The molecule has 9 aromatic carbocycles. The number of benzene rings is 9. The van der Waals surface area contributed by atoms with Gasteiger partial charge < -0.3 is 4.42 Å². The first-order valence-electron chi connectivity index (χ1n) is 16.2. The van der Waals surface area contributed by atoms with Gasteiger partial charge in [0.15, 0.2) is 0 Å². The minimum Gasteiger partial charge on any atom is -0.456 e. The van der Waals surface area contributed by atoms with Crippen LogP contribution in [0.15, 0.2) is 174 Å². The summed E-state index contributed by atoms with van der Waals surface area (Å²) in [4.78, 5) is 0. The van der Waals surface area contributed by atoms with Gasteiger partial charge in [0.2, 0.25) is 0 Å². The second-order valence-corrected chi connectivity index (χ2v) is 12.4. The molecule has 0 saturated carbocycles. The van der Waals surface area contributed by atoms with Gasteiger partial charge in [-0.1, -0.05) is 146 Å². The minimum atomic E-state index is 0.910. The third kappa shape index (κ3) is 3.97. The lowest BCUT2D eigenvalue weighted by atomic mass is 9.83.